The van der Waals surface area contributed by atoms with E-state index < -0.39 is 0 Å². The Labute approximate surface area is 107 Å². The molecule has 1 aliphatic heterocycles. The number of carbonyl (C=O) groups excluding carboxylic acids is 1. The van der Waals surface area contributed by atoms with Gasteiger partial charge in [0.2, 0.25) is 11.9 Å². The van der Waals surface area contributed by atoms with Crippen molar-refractivity contribution in [1.82, 2.24) is 14.8 Å². The molecule has 0 spiro atoms. The first kappa shape index (κ1) is 11.9. The molecule has 16 heavy (non-hydrogen) atoms. The van der Waals surface area contributed by atoms with E-state index in [0.717, 1.165) is 35.6 Å². The molecular weight excluding hydrogens is 292 g/mol. The number of amides is 1. The number of hydrogen-bond donors (Lipinski definition) is 1. The van der Waals surface area contributed by atoms with Gasteiger partial charge in [0, 0.05) is 24.0 Å². The fraction of sp³-hybridized carbons (Fsp3) is 0.667. The van der Waals surface area contributed by atoms with Crippen molar-refractivity contribution in [2.45, 2.75) is 31.0 Å². The number of alkyl halides is 1. The monoisotopic (exact) mass is 304 g/mol. The third-order valence-corrected chi connectivity index (χ3v) is 3.88. The predicted molar refractivity (Wildman–Crippen MR) is 67.0 cm³/mol. The Hall–Kier alpha value is -0.560. The van der Waals surface area contributed by atoms with Gasteiger partial charge >= 0.3 is 0 Å². The molecule has 1 aromatic rings. The normalized spacial score (nSPS) is 14.6. The van der Waals surface area contributed by atoms with Crippen LogP contribution in [-0.2, 0) is 11.3 Å². The second-order valence-electron chi connectivity index (χ2n) is 3.50. The Morgan fingerprint density at radius 1 is 1.56 bits per heavy atom. The topological polar surface area (TPSA) is 59.8 Å². The Morgan fingerprint density at radius 3 is 3.25 bits per heavy atom. The molecule has 1 amide bonds. The lowest BCUT2D eigenvalue weighted by Gasteiger charge is -2.14. The van der Waals surface area contributed by atoms with Gasteiger partial charge in [0.05, 0.1) is 0 Å². The minimum absolute atomic E-state index is 0.00484. The highest BCUT2D eigenvalue weighted by molar-refractivity contribution is 9.09. The second-order valence-corrected chi connectivity index (χ2v) is 5.36. The summed E-state index contributed by atoms with van der Waals surface area (Å²) in [4.78, 5) is 11.5. The van der Waals surface area contributed by atoms with Crippen molar-refractivity contribution in [2.75, 3.05) is 16.4 Å². The number of fused-ring (bicyclic) bond motifs is 1. The van der Waals surface area contributed by atoms with Crippen LogP contribution >= 0.6 is 27.7 Å². The summed E-state index contributed by atoms with van der Waals surface area (Å²) in [5.41, 5.74) is 0. The molecule has 2 rings (SSSR count). The summed E-state index contributed by atoms with van der Waals surface area (Å²) in [5.74, 6) is 1.67. The van der Waals surface area contributed by atoms with Crippen LogP contribution in [0.15, 0.2) is 5.16 Å². The fourth-order valence-corrected chi connectivity index (χ4v) is 2.66. The zero-order chi connectivity index (χ0) is 11.4. The van der Waals surface area contributed by atoms with Crippen molar-refractivity contribution in [3.05, 3.63) is 0 Å². The summed E-state index contributed by atoms with van der Waals surface area (Å²) in [6, 6.07) is 0. The van der Waals surface area contributed by atoms with E-state index in [0.29, 0.717) is 12.4 Å². The van der Waals surface area contributed by atoms with Crippen LogP contribution in [0.5, 0.6) is 0 Å². The van der Waals surface area contributed by atoms with Gasteiger partial charge in [0.25, 0.3) is 0 Å². The molecule has 1 N–H and O–H groups in total. The fourth-order valence-electron chi connectivity index (χ4n) is 1.49. The molecule has 88 valence electrons. The van der Waals surface area contributed by atoms with Crippen LogP contribution in [0.4, 0.5) is 5.95 Å². The van der Waals surface area contributed by atoms with E-state index in [1.807, 2.05) is 4.57 Å². The second kappa shape index (κ2) is 5.67. The molecule has 7 heteroatoms. The zero-order valence-corrected chi connectivity index (χ0v) is 11.2. The number of halogens is 1. The Balaban J connectivity index is 1.99. The third-order valence-electron chi connectivity index (χ3n) is 2.26. The molecule has 0 aromatic carbocycles. The lowest BCUT2D eigenvalue weighted by atomic mass is 10.3. The number of thioether (sulfide) groups is 1. The molecule has 0 bridgehead atoms. The first-order valence-electron chi connectivity index (χ1n) is 5.23. The van der Waals surface area contributed by atoms with Crippen LogP contribution in [0, 0.1) is 0 Å². The molecule has 1 aromatic heterocycles. The van der Waals surface area contributed by atoms with Crippen molar-refractivity contribution in [2.24, 2.45) is 0 Å². The first-order valence-corrected chi connectivity index (χ1v) is 7.34. The van der Waals surface area contributed by atoms with Crippen LogP contribution in [-0.4, -0.2) is 31.8 Å². The molecule has 0 saturated carbocycles. The minimum atomic E-state index is 0.00484. The molecule has 0 saturated heterocycles. The molecule has 2 heterocycles. The zero-order valence-electron chi connectivity index (χ0n) is 8.78. The number of anilines is 1. The summed E-state index contributed by atoms with van der Waals surface area (Å²) >= 11 is 4.98. The van der Waals surface area contributed by atoms with Crippen LogP contribution < -0.4 is 5.32 Å². The highest BCUT2D eigenvalue weighted by Gasteiger charge is 2.17. The molecule has 0 unspecified atom stereocenters. The molecule has 1 aliphatic rings. The number of nitrogens with zero attached hydrogens (tertiary/aromatic N) is 3. The van der Waals surface area contributed by atoms with Gasteiger partial charge in [0.1, 0.15) is 0 Å². The van der Waals surface area contributed by atoms with Crippen LogP contribution in [0.2, 0.25) is 0 Å². The van der Waals surface area contributed by atoms with Crippen LogP contribution in [0.25, 0.3) is 0 Å². The molecule has 5 nitrogen and oxygen atoms in total. The van der Waals surface area contributed by atoms with E-state index >= 15 is 0 Å². The number of nitrogens with one attached hydrogen (secondary N) is 1. The predicted octanol–water partition coefficient (Wildman–Crippen LogP) is 1.89. The van der Waals surface area contributed by atoms with Crippen molar-refractivity contribution in [3.8, 4) is 0 Å². The number of carbonyl (C=O) groups is 1. The van der Waals surface area contributed by atoms with Crippen LogP contribution in [0.1, 0.15) is 19.3 Å². The van der Waals surface area contributed by atoms with Crippen molar-refractivity contribution >= 4 is 39.5 Å². The average Bonchev–Trinajstić information content (AvgIpc) is 2.70. The molecule has 0 atom stereocenters. The SMILES string of the molecule is O=C(CCCBr)Nc1nnc2n1CCCS2. The maximum absolute atomic E-state index is 11.5. The van der Waals surface area contributed by atoms with Gasteiger partial charge in [-0.3, -0.25) is 14.7 Å². The van der Waals surface area contributed by atoms with Gasteiger partial charge in [0.15, 0.2) is 5.16 Å². The highest BCUT2D eigenvalue weighted by Crippen LogP contribution is 2.25. The van der Waals surface area contributed by atoms with E-state index in [2.05, 4.69) is 31.4 Å². The quantitative estimate of drug-likeness (QED) is 0.863. The van der Waals surface area contributed by atoms with Gasteiger partial charge < -0.3 is 0 Å². The summed E-state index contributed by atoms with van der Waals surface area (Å²) in [7, 11) is 0. The Bertz CT molecular complexity index is 382. The standard InChI is InChI=1S/C9H13BrN4OS/c10-4-1-3-7(15)11-8-12-13-9-14(8)5-2-6-16-9/h1-6H2,(H,11,12,15). The largest absolute Gasteiger partial charge is 0.295 e. The van der Waals surface area contributed by atoms with Gasteiger partial charge in [-0.15, -0.1) is 10.2 Å². The minimum Gasteiger partial charge on any atom is -0.295 e. The average molecular weight is 305 g/mol. The summed E-state index contributed by atoms with van der Waals surface area (Å²) < 4.78 is 1.97. The summed E-state index contributed by atoms with van der Waals surface area (Å²) in [5, 5.41) is 12.6. The van der Waals surface area contributed by atoms with E-state index in [4.69, 9.17) is 0 Å². The number of aromatic nitrogens is 3. The van der Waals surface area contributed by atoms with Crippen molar-refractivity contribution in [1.29, 1.82) is 0 Å². The van der Waals surface area contributed by atoms with Gasteiger partial charge in [-0.05, 0) is 12.8 Å². The first-order chi connectivity index (χ1) is 7.81. The van der Waals surface area contributed by atoms with Crippen molar-refractivity contribution in [3.63, 3.8) is 0 Å². The molecule has 0 radical (unpaired) electrons. The van der Waals surface area contributed by atoms with Gasteiger partial charge in [-0.2, -0.15) is 0 Å². The van der Waals surface area contributed by atoms with Gasteiger partial charge in [-0.25, -0.2) is 0 Å². The molecule has 0 fully saturated rings. The third kappa shape index (κ3) is 2.76. The highest BCUT2D eigenvalue weighted by atomic mass is 79.9. The molecular formula is C9H13BrN4OS. The lowest BCUT2D eigenvalue weighted by Crippen LogP contribution is -2.17. The van der Waals surface area contributed by atoms with Gasteiger partial charge in [-0.1, -0.05) is 27.7 Å². The maximum atomic E-state index is 11.5. The maximum Gasteiger partial charge on any atom is 0.231 e. The van der Waals surface area contributed by atoms with E-state index in [1.54, 1.807) is 11.8 Å². The lowest BCUT2D eigenvalue weighted by molar-refractivity contribution is -0.116. The Kier molecular flexibility index (Phi) is 4.22. The summed E-state index contributed by atoms with van der Waals surface area (Å²) in [6.07, 6.45) is 2.45. The number of rotatable bonds is 4. The summed E-state index contributed by atoms with van der Waals surface area (Å²) in [6.45, 7) is 0.892. The van der Waals surface area contributed by atoms with E-state index in [1.165, 1.54) is 0 Å². The molecule has 0 aliphatic carbocycles. The van der Waals surface area contributed by atoms with E-state index in [9.17, 15) is 4.79 Å². The Morgan fingerprint density at radius 2 is 2.44 bits per heavy atom. The van der Waals surface area contributed by atoms with Crippen LogP contribution in [0.3, 0.4) is 0 Å². The number of hydrogen-bond acceptors (Lipinski definition) is 4. The van der Waals surface area contributed by atoms with Crippen molar-refractivity contribution < 1.29 is 4.79 Å². The smallest absolute Gasteiger partial charge is 0.231 e. The van der Waals surface area contributed by atoms with E-state index in [-0.39, 0.29) is 5.91 Å².